The lowest BCUT2D eigenvalue weighted by atomic mass is 10.1. The van der Waals surface area contributed by atoms with E-state index >= 15 is 0 Å². The molecule has 1 aliphatic heterocycles. The topological polar surface area (TPSA) is 38.3 Å². The van der Waals surface area contributed by atoms with Gasteiger partial charge in [-0.2, -0.15) is 0 Å². The number of carbonyl (C=O) groups is 1. The normalized spacial score (nSPS) is 16.8. The van der Waals surface area contributed by atoms with E-state index in [1.165, 1.54) is 7.11 Å². The summed E-state index contributed by atoms with van der Waals surface area (Å²) in [6.45, 7) is 3.85. The van der Waals surface area contributed by atoms with Crippen LogP contribution in [-0.2, 0) is 9.53 Å². The zero-order valence-corrected chi connectivity index (χ0v) is 7.60. The third-order valence-electron chi connectivity index (χ3n) is 1.88. The summed E-state index contributed by atoms with van der Waals surface area (Å²) in [5.74, 6) is -0.247. The Morgan fingerprint density at radius 3 is 2.75 bits per heavy atom. The second-order valence-electron chi connectivity index (χ2n) is 2.81. The average molecular weight is 167 g/mol. The fraction of sp³-hybridized carbons (Fsp3) is 0.444. The molecule has 0 aromatic carbocycles. The smallest absolute Gasteiger partial charge is 0.335 e. The van der Waals surface area contributed by atoms with Gasteiger partial charge in [-0.25, -0.2) is 4.79 Å². The van der Waals surface area contributed by atoms with Crippen LogP contribution in [0.15, 0.2) is 23.0 Å². The van der Waals surface area contributed by atoms with Crippen molar-refractivity contribution in [2.24, 2.45) is 0 Å². The van der Waals surface area contributed by atoms with Crippen LogP contribution in [0.5, 0.6) is 0 Å². The van der Waals surface area contributed by atoms with Crippen molar-refractivity contribution in [3.05, 3.63) is 23.0 Å². The predicted octanol–water partition coefficient (Wildman–Crippen LogP) is 1.33. The molecule has 3 heteroatoms. The lowest BCUT2D eigenvalue weighted by Crippen LogP contribution is -2.19. The van der Waals surface area contributed by atoms with E-state index < -0.39 is 0 Å². The van der Waals surface area contributed by atoms with E-state index in [1.54, 1.807) is 0 Å². The van der Waals surface area contributed by atoms with Crippen LogP contribution in [0.1, 0.15) is 20.3 Å². The molecule has 1 N–H and O–H groups in total. The highest BCUT2D eigenvalue weighted by molar-refractivity contribution is 5.89. The van der Waals surface area contributed by atoms with Gasteiger partial charge in [-0.1, -0.05) is 6.08 Å². The highest BCUT2D eigenvalue weighted by Crippen LogP contribution is 2.16. The van der Waals surface area contributed by atoms with Gasteiger partial charge in [0, 0.05) is 17.8 Å². The Balaban J connectivity index is 2.79. The van der Waals surface area contributed by atoms with Gasteiger partial charge in [0.1, 0.15) is 0 Å². The Labute approximate surface area is 72.1 Å². The van der Waals surface area contributed by atoms with Crippen molar-refractivity contribution in [1.29, 1.82) is 0 Å². The van der Waals surface area contributed by atoms with Gasteiger partial charge < -0.3 is 10.1 Å². The maximum absolute atomic E-state index is 11.1. The lowest BCUT2D eigenvalue weighted by molar-refractivity contribution is -0.136. The first kappa shape index (κ1) is 8.84. The molecular weight excluding hydrogens is 154 g/mol. The molecule has 66 valence electrons. The molecule has 0 saturated heterocycles. The van der Waals surface area contributed by atoms with E-state index in [-0.39, 0.29) is 5.97 Å². The Morgan fingerprint density at radius 2 is 2.25 bits per heavy atom. The van der Waals surface area contributed by atoms with E-state index in [9.17, 15) is 4.79 Å². The summed E-state index contributed by atoms with van der Waals surface area (Å²) in [4.78, 5) is 11.1. The van der Waals surface area contributed by atoms with Crippen molar-refractivity contribution >= 4 is 5.97 Å². The number of hydrogen-bond acceptors (Lipinski definition) is 3. The molecule has 0 saturated carbocycles. The van der Waals surface area contributed by atoms with E-state index in [0.717, 1.165) is 11.4 Å². The van der Waals surface area contributed by atoms with Crippen molar-refractivity contribution in [3.63, 3.8) is 0 Å². The summed E-state index contributed by atoms with van der Waals surface area (Å²) in [5.41, 5.74) is 2.69. The van der Waals surface area contributed by atoms with Crippen LogP contribution in [0.4, 0.5) is 0 Å². The van der Waals surface area contributed by atoms with Gasteiger partial charge in [0.05, 0.1) is 12.7 Å². The van der Waals surface area contributed by atoms with Crippen molar-refractivity contribution in [3.8, 4) is 0 Å². The van der Waals surface area contributed by atoms with Crippen LogP contribution in [0.2, 0.25) is 0 Å². The van der Waals surface area contributed by atoms with E-state index in [1.807, 2.05) is 19.9 Å². The van der Waals surface area contributed by atoms with Crippen LogP contribution in [0.3, 0.4) is 0 Å². The number of ether oxygens (including phenoxy) is 1. The van der Waals surface area contributed by atoms with E-state index in [4.69, 9.17) is 0 Å². The molecule has 0 aromatic rings. The van der Waals surface area contributed by atoms with E-state index in [2.05, 4.69) is 10.1 Å². The zero-order chi connectivity index (χ0) is 9.14. The monoisotopic (exact) mass is 167 g/mol. The van der Waals surface area contributed by atoms with Gasteiger partial charge in [-0.3, -0.25) is 0 Å². The highest BCUT2D eigenvalue weighted by Gasteiger charge is 2.15. The van der Waals surface area contributed by atoms with Crippen LogP contribution < -0.4 is 5.32 Å². The summed E-state index contributed by atoms with van der Waals surface area (Å²) in [7, 11) is 1.40. The summed E-state index contributed by atoms with van der Waals surface area (Å²) >= 11 is 0. The minimum atomic E-state index is -0.247. The number of allylic oxidation sites excluding steroid dienone is 3. The summed E-state index contributed by atoms with van der Waals surface area (Å²) in [6, 6.07) is 0. The van der Waals surface area contributed by atoms with Gasteiger partial charge in [0.25, 0.3) is 0 Å². The fourth-order valence-electron chi connectivity index (χ4n) is 1.19. The third-order valence-corrected chi connectivity index (χ3v) is 1.88. The number of carbonyl (C=O) groups excluding carboxylic acids is 1. The predicted molar refractivity (Wildman–Crippen MR) is 46.2 cm³/mol. The van der Waals surface area contributed by atoms with Gasteiger partial charge >= 0.3 is 5.97 Å². The first-order valence-corrected chi connectivity index (χ1v) is 3.87. The van der Waals surface area contributed by atoms with Crippen molar-refractivity contribution < 1.29 is 9.53 Å². The van der Waals surface area contributed by atoms with Crippen LogP contribution in [0, 0.1) is 0 Å². The Morgan fingerprint density at radius 1 is 1.58 bits per heavy atom. The second kappa shape index (κ2) is 3.43. The first-order chi connectivity index (χ1) is 5.65. The molecule has 0 aromatic heterocycles. The SMILES string of the molecule is COC(=O)C1=C(C)NC(C)=CC1. The molecule has 3 nitrogen and oxygen atoms in total. The molecule has 1 rings (SSSR count). The van der Waals surface area contributed by atoms with Gasteiger partial charge in [0.2, 0.25) is 0 Å². The second-order valence-corrected chi connectivity index (χ2v) is 2.81. The quantitative estimate of drug-likeness (QED) is 0.599. The molecule has 0 spiro atoms. The van der Waals surface area contributed by atoms with Crippen LogP contribution >= 0.6 is 0 Å². The number of esters is 1. The molecule has 0 atom stereocenters. The molecular formula is C9H13NO2. The minimum absolute atomic E-state index is 0.247. The number of methoxy groups -OCH3 is 1. The summed E-state index contributed by atoms with van der Waals surface area (Å²) < 4.78 is 4.63. The molecule has 1 heterocycles. The first-order valence-electron chi connectivity index (χ1n) is 3.87. The fourth-order valence-corrected chi connectivity index (χ4v) is 1.19. The van der Waals surface area contributed by atoms with Crippen molar-refractivity contribution in [2.75, 3.05) is 7.11 Å². The van der Waals surface area contributed by atoms with Gasteiger partial charge in [-0.05, 0) is 13.8 Å². The Bertz CT molecular complexity index is 264. The molecule has 1 aliphatic rings. The van der Waals surface area contributed by atoms with Gasteiger partial charge in [-0.15, -0.1) is 0 Å². The Kier molecular flexibility index (Phi) is 2.53. The molecule has 0 aliphatic carbocycles. The molecule has 0 amide bonds. The minimum Gasteiger partial charge on any atom is -0.466 e. The Hall–Kier alpha value is -1.25. The molecule has 0 radical (unpaired) electrons. The average Bonchev–Trinajstić information content (AvgIpc) is 2.03. The summed E-state index contributed by atoms with van der Waals surface area (Å²) in [6.07, 6.45) is 2.64. The maximum atomic E-state index is 11.1. The number of hydrogen-bond donors (Lipinski definition) is 1. The van der Waals surface area contributed by atoms with Crippen LogP contribution in [-0.4, -0.2) is 13.1 Å². The molecule has 0 unspecified atom stereocenters. The number of rotatable bonds is 1. The number of dihydropyridines is 1. The summed E-state index contributed by atoms with van der Waals surface area (Å²) in [5, 5.41) is 3.08. The zero-order valence-electron chi connectivity index (χ0n) is 7.60. The number of nitrogens with one attached hydrogen (secondary N) is 1. The van der Waals surface area contributed by atoms with Crippen molar-refractivity contribution in [2.45, 2.75) is 20.3 Å². The standard InChI is InChI=1S/C9H13NO2/c1-6-4-5-8(7(2)10-6)9(11)12-3/h4,10H,5H2,1-3H3. The molecule has 0 fully saturated rings. The highest BCUT2D eigenvalue weighted by atomic mass is 16.5. The molecule has 0 bridgehead atoms. The van der Waals surface area contributed by atoms with Crippen molar-refractivity contribution in [1.82, 2.24) is 5.32 Å². The lowest BCUT2D eigenvalue weighted by Gasteiger charge is -2.16. The molecule has 12 heavy (non-hydrogen) atoms. The van der Waals surface area contributed by atoms with Crippen LogP contribution in [0.25, 0.3) is 0 Å². The maximum Gasteiger partial charge on any atom is 0.335 e. The van der Waals surface area contributed by atoms with E-state index in [0.29, 0.717) is 12.0 Å². The van der Waals surface area contributed by atoms with Gasteiger partial charge in [0.15, 0.2) is 0 Å². The largest absolute Gasteiger partial charge is 0.466 e. The third kappa shape index (κ3) is 1.67.